The molecule has 0 aliphatic rings. The predicted octanol–water partition coefficient (Wildman–Crippen LogP) is 4.26. The molecular formula is C18H19F5O4SSi. The Morgan fingerprint density at radius 2 is 1.21 bits per heavy atom. The van der Waals surface area contributed by atoms with E-state index >= 15 is 0 Å². The van der Waals surface area contributed by atoms with Gasteiger partial charge in [0.15, 0.2) is 33.1 Å². The third-order valence-corrected chi connectivity index (χ3v) is 9.17. The molecule has 0 unspecified atom stereocenters. The molecule has 2 aromatic rings. The van der Waals surface area contributed by atoms with Crippen LogP contribution < -0.4 is 0 Å². The van der Waals surface area contributed by atoms with Gasteiger partial charge in [0.25, 0.3) is 0 Å². The van der Waals surface area contributed by atoms with Crippen LogP contribution >= 0.6 is 0 Å². The molecule has 0 aliphatic heterocycles. The van der Waals surface area contributed by atoms with Gasteiger partial charge in [-0.25, -0.2) is 30.4 Å². The van der Waals surface area contributed by atoms with Gasteiger partial charge >= 0.3 is 8.56 Å². The lowest BCUT2D eigenvalue weighted by atomic mass is 10.1. The normalized spacial score (nSPS) is 12.4. The van der Waals surface area contributed by atoms with E-state index in [0.717, 1.165) is 5.56 Å². The van der Waals surface area contributed by atoms with Crippen LogP contribution in [-0.4, -0.2) is 31.2 Å². The molecule has 0 atom stereocenters. The van der Waals surface area contributed by atoms with Crippen LogP contribution in [0.3, 0.4) is 0 Å². The first-order chi connectivity index (χ1) is 13.5. The van der Waals surface area contributed by atoms with Crippen molar-refractivity contribution in [2.24, 2.45) is 0 Å². The van der Waals surface area contributed by atoms with E-state index in [1.54, 1.807) is 26.4 Å². The number of halogens is 5. The largest absolute Gasteiger partial charge is 0.398 e. The minimum atomic E-state index is -4.82. The Hall–Kier alpha value is -1.82. The van der Waals surface area contributed by atoms with Gasteiger partial charge < -0.3 is 8.85 Å². The van der Waals surface area contributed by atoms with Crippen molar-refractivity contribution in [3.8, 4) is 0 Å². The number of hydrogen-bond acceptors (Lipinski definition) is 4. The van der Waals surface area contributed by atoms with Crippen LogP contribution in [0.1, 0.15) is 11.1 Å². The molecule has 0 aromatic heterocycles. The lowest BCUT2D eigenvalue weighted by Gasteiger charge is -2.22. The van der Waals surface area contributed by atoms with Gasteiger partial charge in [0.2, 0.25) is 5.82 Å². The van der Waals surface area contributed by atoms with Crippen molar-refractivity contribution in [2.75, 3.05) is 14.2 Å². The molecule has 2 aromatic carbocycles. The van der Waals surface area contributed by atoms with E-state index in [9.17, 15) is 30.4 Å². The summed E-state index contributed by atoms with van der Waals surface area (Å²) in [7, 11) is -3.99. The molecule has 160 valence electrons. The number of aryl methyl sites for hydroxylation is 1. The van der Waals surface area contributed by atoms with Crippen LogP contribution in [0.25, 0.3) is 0 Å². The van der Waals surface area contributed by atoms with E-state index in [4.69, 9.17) is 8.85 Å². The van der Waals surface area contributed by atoms with E-state index < -0.39 is 58.1 Å². The second-order valence-electron chi connectivity index (χ2n) is 6.52. The molecule has 11 heteroatoms. The maximum atomic E-state index is 13.8. The van der Waals surface area contributed by atoms with Crippen LogP contribution in [0, 0.1) is 29.1 Å². The summed E-state index contributed by atoms with van der Waals surface area (Å²) in [5, 5.41) is 0. The maximum absolute atomic E-state index is 13.8. The minimum Gasteiger partial charge on any atom is -0.398 e. The SMILES string of the molecule is CO[Si](C)(CCc1ccc(CS(=O)(=O)c2c(F)c(F)c(F)c(F)c2F)cc1)OC. The average Bonchev–Trinajstić information content (AvgIpc) is 2.69. The Labute approximate surface area is 166 Å². The van der Waals surface area contributed by atoms with Crippen LogP contribution in [0.5, 0.6) is 0 Å². The zero-order valence-electron chi connectivity index (χ0n) is 15.9. The van der Waals surface area contributed by atoms with Gasteiger partial charge in [0.05, 0.1) is 5.75 Å². The van der Waals surface area contributed by atoms with E-state index in [0.29, 0.717) is 12.5 Å². The maximum Gasteiger partial charge on any atom is 0.334 e. The van der Waals surface area contributed by atoms with Crippen molar-refractivity contribution in [3.63, 3.8) is 0 Å². The Bertz CT molecular complexity index is 963. The first kappa shape index (κ1) is 23.5. The molecule has 0 saturated carbocycles. The molecule has 0 N–H and O–H groups in total. The fourth-order valence-electron chi connectivity index (χ4n) is 2.61. The molecule has 4 nitrogen and oxygen atoms in total. The quantitative estimate of drug-likeness (QED) is 0.197. The first-order valence-electron chi connectivity index (χ1n) is 8.38. The number of sulfone groups is 1. The molecule has 0 bridgehead atoms. The molecule has 0 aliphatic carbocycles. The summed E-state index contributed by atoms with van der Waals surface area (Å²) in [6.45, 7) is 1.89. The van der Waals surface area contributed by atoms with Crippen molar-refractivity contribution >= 4 is 18.4 Å². The van der Waals surface area contributed by atoms with Crippen molar-refractivity contribution < 1.29 is 39.2 Å². The highest BCUT2D eigenvalue weighted by molar-refractivity contribution is 7.90. The molecule has 0 radical (unpaired) electrons. The van der Waals surface area contributed by atoms with E-state index in [-0.39, 0.29) is 5.56 Å². The molecule has 0 heterocycles. The second kappa shape index (κ2) is 8.90. The van der Waals surface area contributed by atoms with Gasteiger partial charge in [-0.2, -0.15) is 0 Å². The summed E-state index contributed by atoms with van der Waals surface area (Å²) in [6.07, 6.45) is 0.592. The molecule has 2 rings (SSSR count). The van der Waals surface area contributed by atoms with Crippen molar-refractivity contribution in [2.45, 2.75) is 29.7 Å². The van der Waals surface area contributed by atoms with Gasteiger partial charge in [-0.15, -0.1) is 0 Å². The van der Waals surface area contributed by atoms with Crippen LogP contribution in [0.15, 0.2) is 29.2 Å². The van der Waals surface area contributed by atoms with Gasteiger partial charge in [0.1, 0.15) is 4.90 Å². The average molecular weight is 454 g/mol. The van der Waals surface area contributed by atoms with Crippen LogP contribution in [0.4, 0.5) is 22.0 Å². The standard InChI is InChI=1S/C18H19F5O4SSi/c1-26-29(3,27-2)9-8-11-4-6-12(7-5-11)10-28(24,25)18-16(22)14(20)13(19)15(21)17(18)23/h4-7H,8-10H2,1-3H3. The third kappa shape index (κ3) is 5.03. The second-order valence-corrected chi connectivity index (χ2v) is 12.0. The van der Waals surface area contributed by atoms with Crippen LogP contribution in [-0.2, 0) is 30.9 Å². The Morgan fingerprint density at radius 3 is 1.66 bits per heavy atom. The highest BCUT2D eigenvalue weighted by Crippen LogP contribution is 2.29. The predicted molar refractivity (Wildman–Crippen MR) is 97.7 cm³/mol. The lowest BCUT2D eigenvalue weighted by molar-refractivity contribution is 0.249. The van der Waals surface area contributed by atoms with Gasteiger partial charge in [0, 0.05) is 14.2 Å². The number of rotatable bonds is 8. The van der Waals surface area contributed by atoms with Gasteiger partial charge in [-0.1, -0.05) is 24.3 Å². The number of benzene rings is 2. The summed E-state index contributed by atoms with van der Waals surface area (Å²) in [5.41, 5.74) is 0.978. The summed E-state index contributed by atoms with van der Waals surface area (Å²) >= 11 is 0. The molecule has 0 saturated heterocycles. The fraction of sp³-hybridized carbons (Fsp3) is 0.333. The Kier molecular flexibility index (Phi) is 7.20. The lowest BCUT2D eigenvalue weighted by Crippen LogP contribution is -2.36. The molecule has 0 spiro atoms. The topological polar surface area (TPSA) is 52.6 Å². The molecular weight excluding hydrogens is 435 g/mol. The highest BCUT2D eigenvalue weighted by Gasteiger charge is 2.33. The molecule has 0 amide bonds. The smallest absolute Gasteiger partial charge is 0.334 e. The van der Waals surface area contributed by atoms with Gasteiger partial charge in [-0.05, 0) is 30.1 Å². The van der Waals surface area contributed by atoms with Crippen LogP contribution in [0.2, 0.25) is 12.6 Å². The third-order valence-electron chi connectivity index (χ3n) is 4.59. The first-order valence-corrected chi connectivity index (χ1v) is 12.6. The van der Waals surface area contributed by atoms with E-state index in [2.05, 4.69) is 0 Å². The fourth-order valence-corrected chi connectivity index (χ4v) is 5.43. The Balaban J connectivity index is 2.24. The zero-order valence-corrected chi connectivity index (χ0v) is 17.7. The monoisotopic (exact) mass is 454 g/mol. The van der Waals surface area contributed by atoms with E-state index in [1.165, 1.54) is 12.1 Å². The summed E-state index contributed by atoms with van der Waals surface area (Å²) in [4.78, 5) is -1.83. The molecule has 0 fully saturated rings. The minimum absolute atomic E-state index is 0.135. The van der Waals surface area contributed by atoms with E-state index in [1.807, 2.05) is 6.55 Å². The zero-order chi connectivity index (χ0) is 22.0. The summed E-state index contributed by atoms with van der Waals surface area (Å²) in [5.74, 6) is -12.7. The van der Waals surface area contributed by atoms with Crippen molar-refractivity contribution in [1.82, 2.24) is 0 Å². The number of hydrogen-bond donors (Lipinski definition) is 0. The molecule has 29 heavy (non-hydrogen) atoms. The summed E-state index contributed by atoms with van der Waals surface area (Å²) < 4.78 is 103. The van der Waals surface area contributed by atoms with Crippen molar-refractivity contribution in [3.05, 3.63) is 64.5 Å². The van der Waals surface area contributed by atoms with Crippen molar-refractivity contribution in [1.29, 1.82) is 0 Å². The Morgan fingerprint density at radius 1 is 0.793 bits per heavy atom. The highest BCUT2D eigenvalue weighted by atomic mass is 32.2. The summed E-state index contributed by atoms with van der Waals surface area (Å²) in [6, 6.07) is 6.70. The van der Waals surface area contributed by atoms with Gasteiger partial charge in [-0.3, -0.25) is 0 Å².